The fourth-order valence-electron chi connectivity index (χ4n) is 5.32. The van der Waals surface area contributed by atoms with Crippen LogP contribution in [0.2, 0.25) is 5.02 Å². The summed E-state index contributed by atoms with van der Waals surface area (Å²) in [7, 11) is 0. The van der Waals surface area contributed by atoms with Crippen LogP contribution >= 0.6 is 11.6 Å². The summed E-state index contributed by atoms with van der Waals surface area (Å²) in [4.78, 5) is 5.98. The summed E-state index contributed by atoms with van der Waals surface area (Å²) in [6, 6.07) is 10.8. The number of aromatic nitrogens is 1. The van der Waals surface area contributed by atoms with Gasteiger partial charge in [-0.3, -0.25) is 0 Å². The van der Waals surface area contributed by atoms with Gasteiger partial charge >= 0.3 is 0 Å². The first-order valence-electron chi connectivity index (χ1n) is 11.2. The van der Waals surface area contributed by atoms with Gasteiger partial charge < -0.3 is 14.6 Å². The number of hydrogen-bond acceptors (Lipinski definition) is 2. The number of nitrogens with zero attached hydrogens (tertiary/aromatic N) is 1. The quantitative estimate of drug-likeness (QED) is 0.537. The third kappa shape index (κ3) is 3.86. The average Bonchev–Trinajstić information content (AvgIpc) is 3.24. The van der Waals surface area contributed by atoms with Crippen LogP contribution in [0.15, 0.2) is 36.5 Å². The van der Waals surface area contributed by atoms with Gasteiger partial charge in [-0.15, -0.1) is 0 Å². The Morgan fingerprint density at radius 3 is 2.77 bits per heavy atom. The number of aromatic amines is 1. The van der Waals surface area contributed by atoms with Crippen molar-refractivity contribution in [3.8, 4) is 5.75 Å². The Morgan fingerprint density at radius 2 is 1.97 bits per heavy atom. The SMILES string of the molecule is Cc1cc2c(c(C3CCN(CCc4c[nH]c5cc(Cl)ccc45)CC3)c1)OC(C)(C)C2. The second-order valence-corrected chi connectivity index (χ2v) is 10.2. The van der Waals surface area contributed by atoms with Crippen LogP contribution in [0.5, 0.6) is 5.75 Å². The number of fused-ring (bicyclic) bond motifs is 2. The maximum atomic E-state index is 6.38. The lowest BCUT2D eigenvalue weighted by molar-refractivity contribution is 0.135. The van der Waals surface area contributed by atoms with E-state index in [1.54, 1.807) is 0 Å². The average molecular weight is 423 g/mol. The van der Waals surface area contributed by atoms with E-state index in [0.29, 0.717) is 5.92 Å². The predicted octanol–water partition coefficient (Wildman–Crippen LogP) is 6.27. The molecular formula is C26H31ClN2O. The van der Waals surface area contributed by atoms with Crippen LogP contribution in [0.3, 0.4) is 0 Å². The Bertz CT molecular complexity index is 1080. The van der Waals surface area contributed by atoms with Crippen molar-refractivity contribution in [2.45, 2.75) is 58.0 Å². The Morgan fingerprint density at radius 1 is 1.17 bits per heavy atom. The van der Waals surface area contributed by atoms with E-state index in [4.69, 9.17) is 16.3 Å². The molecule has 0 aliphatic carbocycles. The Labute approximate surface area is 184 Å². The van der Waals surface area contributed by atoms with E-state index in [2.05, 4.69) is 55.1 Å². The first kappa shape index (κ1) is 20.0. The molecule has 3 nitrogen and oxygen atoms in total. The molecule has 3 heterocycles. The summed E-state index contributed by atoms with van der Waals surface area (Å²) in [6.45, 7) is 10.0. The molecule has 2 aliphatic rings. The van der Waals surface area contributed by atoms with Gasteiger partial charge in [0, 0.05) is 35.1 Å². The molecule has 1 saturated heterocycles. The van der Waals surface area contributed by atoms with Crippen LogP contribution in [0.4, 0.5) is 0 Å². The standard InChI is InChI=1S/C26H31ClN2O/c1-17-12-20-15-26(2,3)30-25(20)23(13-17)18-6-9-29(10-7-18)11-8-19-16-28-24-14-21(27)4-5-22(19)24/h4-5,12-14,16,18,28H,6-11,15H2,1-3H3. The number of rotatable bonds is 4. The molecule has 2 aromatic carbocycles. The molecule has 3 aromatic rings. The zero-order chi connectivity index (χ0) is 20.9. The van der Waals surface area contributed by atoms with Gasteiger partial charge in [0.2, 0.25) is 0 Å². The van der Waals surface area contributed by atoms with Gasteiger partial charge in [0.1, 0.15) is 11.4 Å². The molecule has 0 radical (unpaired) electrons. The van der Waals surface area contributed by atoms with E-state index in [0.717, 1.165) is 43.0 Å². The number of piperidine rings is 1. The topological polar surface area (TPSA) is 28.3 Å². The lowest BCUT2D eigenvalue weighted by Gasteiger charge is -2.33. The molecule has 1 aromatic heterocycles. The summed E-state index contributed by atoms with van der Waals surface area (Å²) in [5.74, 6) is 1.79. The number of H-pyrrole nitrogens is 1. The van der Waals surface area contributed by atoms with Gasteiger partial charge in [0.15, 0.2) is 0 Å². The summed E-state index contributed by atoms with van der Waals surface area (Å²) in [5.41, 5.74) is 6.66. The van der Waals surface area contributed by atoms with Crippen LogP contribution in [-0.4, -0.2) is 35.1 Å². The Balaban J connectivity index is 1.23. The second-order valence-electron chi connectivity index (χ2n) is 9.75. The van der Waals surface area contributed by atoms with E-state index in [1.807, 2.05) is 12.1 Å². The molecular weight excluding hydrogens is 392 g/mol. The van der Waals surface area contributed by atoms with Crippen molar-refractivity contribution in [2.75, 3.05) is 19.6 Å². The molecule has 4 heteroatoms. The molecule has 30 heavy (non-hydrogen) atoms. The minimum atomic E-state index is -0.0743. The Kier molecular flexibility index (Phi) is 5.07. The molecule has 158 valence electrons. The van der Waals surface area contributed by atoms with Crippen molar-refractivity contribution in [3.05, 3.63) is 63.8 Å². The van der Waals surface area contributed by atoms with E-state index in [-0.39, 0.29) is 5.60 Å². The highest BCUT2D eigenvalue weighted by molar-refractivity contribution is 6.31. The smallest absolute Gasteiger partial charge is 0.126 e. The molecule has 5 rings (SSSR count). The number of benzene rings is 2. The molecule has 0 amide bonds. The third-order valence-corrected chi connectivity index (χ3v) is 7.02. The first-order valence-corrected chi connectivity index (χ1v) is 11.6. The molecule has 0 atom stereocenters. The van der Waals surface area contributed by atoms with Gasteiger partial charge in [-0.05, 0) is 87.9 Å². The maximum Gasteiger partial charge on any atom is 0.126 e. The van der Waals surface area contributed by atoms with Crippen molar-refractivity contribution in [1.82, 2.24) is 9.88 Å². The van der Waals surface area contributed by atoms with E-state index in [9.17, 15) is 0 Å². The van der Waals surface area contributed by atoms with E-state index in [1.165, 1.54) is 46.2 Å². The van der Waals surface area contributed by atoms with Crippen LogP contribution in [0, 0.1) is 6.92 Å². The number of hydrogen-bond donors (Lipinski definition) is 1. The number of likely N-dealkylation sites (tertiary alicyclic amines) is 1. The van der Waals surface area contributed by atoms with Crippen molar-refractivity contribution in [3.63, 3.8) is 0 Å². The summed E-state index contributed by atoms with van der Waals surface area (Å²) in [6.07, 6.45) is 6.66. The lowest BCUT2D eigenvalue weighted by Crippen LogP contribution is -2.34. The monoisotopic (exact) mass is 422 g/mol. The van der Waals surface area contributed by atoms with E-state index >= 15 is 0 Å². The molecule has 0 bridgehead atoms. The zero-order valence-electron chi connectivity index (χ0n) is 18.2. The van der Waals surface area contributed by atoms with Crippen LogP contribution < -0.4 is 4.74 Å². The van der Waals surface area contributed by atoms with Crippen LogP contribution in [-0.2, 0) is 12.8 Å². The fraction of sp³-hybridized carbons (Fsp3) is 0.462. The van der Waals surface area contributed by atoms with Gasteiger partial charge in [-0.1, -0.05) is 35.4 Å². The number of ether oxygens (including phenoxy) is 1. The van der Waals surface area contributed by atoms with Gasteiger partial charge in [0.25, 0.3) is 0 Å². The summed E-state index contributed by atoms with van der Waals surface area (Å²) < 4.78 is 6.38. The normalized spacial score (nSPS) is 19.2. The van der Waals surface area contributed by atoms with Crippen molar-refractivity contribution < 1.29 is 4.74 Å². The fourth-order valence-corrected chi connectivity index (χ4v) is 5.49. The Hall–Kier alpha value is -1.97. The lowest BCUT2D eigenvalue weighted by atomic mass is 9.86. The van der Waals surface area contributed by atoms with Gasteiger partial charge in [0.05, 0.1) is 0 Å². The highest BCUT2D eigenvalue weighted by Crippen LogP contribution is 2.44. The minimum Gasteiger partial charge on any atom is -0.487 e. The first-order chi connectivity index (χ1) is 14.4. The highest BCUT2D eigenvalue weighted by atomic mass is 35.5. The van der Waals surface area contributed by atoms with E-state index < -0.39 is 0 Å². The third-order valence-electron chi connectivity index (χ3n) is 6.79. The van der Waals surface area contributed by atoms with Gasteiger partial charge in [-0.2, -0.15) is 0 Å². The molecule has 0 spiro atoms. The van der Waals surface area contributed by atoms with Crippen molar-refractivity contribution in [2.24, 2.45) is 0 Å². The molecule has 1 N–H and O–H groups in total. The highest BCUT2D eigenvalue weighted by Gasteiger charge is 2.34. The van der Waals surface area contributed by atoms with Crippen molar-refractivity contribution in [1.29, 1.82) is 0 Å². The molecule has 2 aliphatic heterocycles. The molecule has 1 fully saturated rings. The van der Waals surface area contributed by atoms with Crippen molar-refractivity contribution >= 4 is 22.5 Å². The predicted molar refractivity (Wildman–Crippen MR) is 125 cm³/mol. The summed E-state index contributed by atoms with van der Waals surface area (Å²) in [5, 5.41) is 2.08. The van der Waals surface area contributed by atoms with Crippen LogP contribution in [0.25, 0.3) is 10.9 Å². The maximum absolute atomic E-state index is 6.38. The molecule has 0 unspecified atom stereocenters. The largest absolute Gasteiger partial charge is 0.487 e. The second kappa shape index (κ2) is 7.62. The number of halogens is 1. The molecule has 0 saturated carbocycles. The van der Waals surface area contributed by atoms with Crippen LogP contribution in [0.1, 0.15) is 54.9 Å². The minimum absolute atomic E-state index is 0.0743. The zero-order valence-corrected chi connectivity index (χ0v) is 19.0. The number of nitrogens with one attached hydrogen (secondary N) is 1. The summed E-state index contributed by atoms with van der Waals surface area (Å²) >= 11 is 6.11. The number of aryl methyl sites for hydroxylation is 1. The van der Waals surface area contributed by atoms with Gasteiger partial charge in [-0.25, -0.2) is 0 Å².